The Morgan fingerprint density at radius 2 is 2.03 bits per heavy atom. The summed E-state index contributed by atoms with van der Waals surface area (Å²) in [4.78, 5) is 25.2. The lowest BCUT2D eigenvalue weighted by molar-refractivity contribution is -0.157. The number of β-lactam (4-membered cyclic amide) rings is 1. The molecule has 1 amide bonds. The van der Waals surface area contributed by atoms with Crippen LogP contribution in [0.2, 0.25) is 0 Å². The molecule has 0 unspecified atom stereocenters. The number of carboxylic acids is 1. The van der Waals surface area contributed by atoms with Crippen LogP contribution in [-0.2, 0) is 26.2 Å². The summed E-state index contributed by atoms with van der Waals surface area (Å²) in [5.41, 5.74) is 0.802. The van der Waals surface area contributed by atoms with Gasteiger partial charge in [0.2, 0.25) is 15.9 Å². The normalized spacial score (nSPS) is 22.1. The fourth-order valence-electron chi connectivity index (χ4n) is 3.29. The van der Waals surface area contributed by atoms with Gasteiger partial charge in [-0.3, -0.25) is 9.69 Å². The Balaban J connectivity index is 1.51. The highest BCUT2D eigenvalue weighted by Crippen LogP contribution is 2.54. The summed E-state index contributed by atoms with van der Waals surface area (Å²) in [6.07, 6.45) is -0.0442. The van der Waals surface area contributed by atoms with Crippen LogP contribution in [0.15, 0.2) is 40.3 Å². The molecule has 30 heavy (non-hydrogen) atoms. The Hall–Kier alpha value is -1.53. The number of rotatable bonds is 11. The van der Waals surface area contributed by atoms with E-state index in [0.29, 0.717) is 22.8 Å². The van der Waals surface area contributed by atoms with Gasteiger partial charge in [-0.05, 0) is 24.2 Å². The van der Waals surface area contributed by atoms with Crippen molar-refractivity contribution < 1.29 is 28.2 Å². The molecule has 0 bridgehead atoms. The van der Waals surface area contributed by atoms with E-state index in [1.54, 1.807) is 6.92 Å². The van der Waals surface area contributed by atoms with E-state index >= 15 is 0 Å². The van der Waals surface area contributed by atoms with E-state index < -0.39 is 33.4 Å². The van der Waals surface area contributed by atoms with Crippen molar-refractivity contribution in [1.82, 2.24) is 9.62 Å². The van der Waals surface area contributed by atoms with Crippen molar-refractivity contribution in [2.24, 2.45) is 5.92 Å². The Bertz CT molecular complexity index is 935. The van der Waals surface area contributed by atoms with E-state index in [4.69, 9.17) is 0 Å². The molecule has 1 fully saturated rings. The molecule has 11 heteroatoms. The van der Waals surface area contributed by atoms with Gasteiger partial charge in [-0.15, -0.1) is 11.8 Å². The molecule has 3 atom stereocenters. The number of nitrogens with one attached hydrogen (secondary N) is 1. The summed E-state index contributed by atoms with van der Waals surface area (Å²) in [5, 5.41) is 19.2. The highest BCUT2D eigenvalue weighted by atomic mass is 32.2. The van der Waals surface area contributed by atoms with Gasteiger partial charge in [-0.25, -0.2) is 17.9 Å². The Morgan fingerprint density at radius 1 is 1.33 bits per heavy atom. The number of amides is 1. The maximum absolute atomic E-state index is 12.3. The van der Waals surface area contributed by atoms with Crippen LogP contribution in [0.1, 0.15) is 25.3 Å². The van der Waals surface area contributed by atoms with Crippen molar-refractivity contribution in [1.29, 1.82) is 0 Å². The van der Waals surface area contributed by atoms with Crippen molar-refractivity contribution in [2.45, 2.75) is 37.8 Å². The number of thioether (sulfide) groups is 2. The number of sulfonamides is 1. The third-order valence-electron chi connectivity index (χ3n) is 4.91. The summed E-state index contributed by atoms with van der Waals surface area (Å²) >= 11 is 2.50. The fourth-order valence-corrected chi connectivity index (χ4v) is 7.42. The van der Waals surface area contributed by atoms with Gasteiger partial charge in [0.05, 0.1) is 22.0 Å². The molecule has 0 aliphatic carbocycles. The zero-order valence-electron chi connectivity index (χ0n) is 16.4. The molecule has 1 saturated heterocycles. The second kappa shape index (κ2) is 9.73. The maximum atomic E-state index is 12.3. The molecule has 2 heterocycles. The number of nitrogens with zero attached hydrogens (tertiary/aromatic N) is 1. The van der Waals surface area contributed by atoms with Crippen LogP contribution in [0.25, 0.3) is 0 Å². The van der Waals surface area contributed by atoms with Gasteiger partial charge in [0.1, 0.15) is 5.37 Å². The molecule has 1 aromatic rings. The lowest BCUT2D eigenvalue weighted by Crippen LogP contribution is -2.61. The van der Waals surface area contributed by atoms with Gasteiger partial charge in [0, 0.05) is 6.54 Å². The number of carbonyl (C=O) groups excluding carboxylic acids is 1. The molecule has 3 rings (SSSR count). The summed E-state index contributed by atoms with van der Waals surface area (Å²) in [6, 6.07) is 9.21. The summed E-state index contributed by atoms with van der Waals surface area (Å²) < 4.78 is 27.4. The fraction of sp³-hybridized carbons (Fsp3) is 0.474. The van der Waals surface area contributed by atoms with Crippen molar-refractivity contribution >= 4 is 45.4 Å². The van der Waals surface area contributed by atoms with Crippen molar-refractivity contribution in [3.05, 3.63) is 45.8 Å². The number of fused-ring (bicyclic) bond motifs is 1. The molecule has 0 radical (unpaired) electrons. The van der Waals surface area contributed by atoms with Crippen LogP contribution < -0.4 is 4.72 Å². The van der Waals surface area contributed by atoms with Gasteiger partial charge < -0.3 is 10.2 Å². The predicted octanol–water partition coefficient (Wildman–Crippen LogP) is 1.79. The first-order valence-corrected chi connectivity index (χ1v) is 13.1. The number of benzene rings is 1. The van der Waals surface area contributed by atoms with Crippen molar-refractivity contribution in [3.8, 4) is 0 Å². The second-order valence-corrected chi connectivity index (χ2v) is 11.4. The molecule has 0 aromatic heterocycles. The largest absolute Gasteiger partial charge is 0.477 e. The van der Waals surface area contributed by atoms with Crippen LogP contribution >= 0.6 is 23.5 Å². The maximum Gasteiger partial charge on any atom is 0.354 e. The first-order chi connectivity index (χ1) is 14.2. The summed E-state index contributed by atoms with van der Waals surface area (Å²) in [5.74, 6) is -1.84. The van der Waals surface area contributed by atoms with E-state index in [1.807, 2.05) is 30.3 Å². The van der Waals surface area contributed by atoms with Crippen LogP contribution in [0.4, 0.5) is 0 Å². The topological polar surface area (TPSA) is 124 Å². The smallest absolute Gasteiger partial charge is 0.354 e. The number of carboxylic acid groups (broad SMARTS) is 1. The quantitative estimate of drug-likeness (QED) is 0.329. The minimum absolute atomic E-state index is 0.0652. The number of carbonyl (C=O) groups is 2. The molecule has 164 valence electrons. The van der Waals surface area contributed by atoms with Crippen LogP contribution in [-0.4, -0.2) is 58.4 Å². The monoisotopic (exact) mass is 472 g/mol. The van der Waals surface area contributed by atoms with Crippen molar-refractivity contribution in [2.75, 3.05) is 11.5 Å². The second-order valence-electron chi connectivity index (χ2n) is 6.99. The standard InChI is InChI=1S/C19H24N2O6S3/c1-2-13(22)14-16(23)21-15(18(24)25)19(29-17(14)21)28-9-6-10-30(26,27)20-11-12-7-4-3-5-8-12/h3-5,7-8,13-14,17,20,22H,2,6,9-11H2,1H3,(H,24,25)/t13-,14+,17+/m0/s1. The Morgan fingerprint density at radius 3 is 2.67 bits per heavy atom. The molecule has 2 aliphatic heterocycles. The molecule has 0 spiro atoms. The molecular formula is C19H24N2O6S3. The van der Waals surface area contributed by atoms with E-state index in [1.165, 1.54) is 28.4 Å². The van der Waals surface area contributed by atoms with Gasteiger partial charge in [-0.1, -0.05) is 49.0 Å². The molecule has 0 saturated carbocycles. The first-order valence-electron chi connectivity index (χ1n) is 9.54. The van der Waals surface area contributed by atoms with Crippen LogP contribution in [0.5, 0.6) is 0 Å². The zero-order valence-corrected chi connectivity index (χ0v) is 18.8. The third-order valence-corrected chi connectivity index (χ3v) is 9.07. The van der Waals surface area contributed by atoms with E-state index in [9.17, 15) is 28.2 Å². The first kappa shape index (κ1) is 23.1. The zero-order chi connectivity index (χ0) is 21.9. The lowest BCUT2D eigenvalue weighted by atomic mass is 9.90. The van der Waals surface area contributed by atoms with E-state index in [2.05, 4.69) is 4.72 Å². The number of aliphatic hydroxyl groups is 1. The summed E-state index contributed by atoms with van der Waals surface area (Å²) in [7, 11) is -3.45. The lowest BCUT2D eigenvalue weighted by Gasteiger charge is -2.44. The number of aliphatic hydroxyl groups excluding tert-OH is 1. The molecular weight excluding hydrogens is 448 g/mol. The Kier molecular flexibility index (Phi) is 7.51. The van der Waals surface area contributed by atoms with Gasteiger partial charge >= 0.3 is 5.97 Å². The number of hydrogen-bond donors (Lipinski definition) is 3. The highest BCUT2D eigenvalue weighted by molar-refractivity contribution is 8.22. The number of hydrogen-bond acceptors (Lipinski definition) is 7. The Labute approximate surface area is 184 Å². The highest BCUT2D eigenvalue weighted by Gasteiger charge is 2.58. The molecule has 2 aliphatic rings. The minimum Gasteiger partial charge on any atom is -0.477 e. The molecule has 8 nitrogen and oxygen atoms in total. The van der Waals surface area contributed by atoms with E-state index in [0.717, 1.165) is 5.56 Å². The average molecular weight is 473 g/mol. The van der Waals surface area contributed by atoms with Gasteiger partial charge in [-0.2, -0.15) is 0 Å². The SMILES string of the molecule is CC[C@H](O)[C@@H]1C(=O)N2C(C(=O)O)=C(SCCCS(=O)(=O)NCc3ccccc3)S[C@H]12. The van der Waals surface area contributed by atoms with Crippen LogP contribution in [0, 0.1) is 5.92 Å². The predicted molar refractivity (Wildman–Crippen MR) is 117 cm³/mol. The average Bonchev–Trinajstić information content (AvgIpc) is 3.05. The van der Waals surface area contributed by atoms with Gasteiger partial charge in [0.15, 0.2) is 5.70 Å². The van der Waals surface area contributed by atoms with Crippen LogP contribution in [0.3, 0.4) is 0 Å². The van der Waals surface area contributed by atoms with E-state index in [-0.39, 0.29) is 23.9 Å². The summed E-state index contributed by atoms with van der Waals surface area (Å²) in [6.45, 7) is 1.99. The van der Waals surface area contributed by atoms with Gasteiger partial charge in [0.25, 0.3) is 0 Å². The molecule has 3 N–H and O–H groups in total. The number of aliphatic carboxylic acids is 1. The molecule has 1 aromatic carbocycles. The minimum atomic E-state index is -3.45. The van der Waals surface area contributed by atoms with Crippen molar-refractivity contribution in [3.63, 3.8) is 0 Å². The third kappa shape index (κ3) is 5.02.